The molecule has 2 amide bonds. The Labute approximate surface area is 134 Å². The smallest absolute Gasteiger partial charge is 0.335 e. The molecule has 2 aromatic rings. The highest BCUT2D eigenvalue weighted by molar-refractivity contribution is 9.10. The van der Waals surface area contributed by atoms with Crippen LogP contribution in [-0.4, -0.2) is 17.1 Å². The normalized spacial score (nSPS) is 10.2. The van der Waals surface area contributed by atoms with Gasteiger partial charge >= 0.3 is 12.0 Å². The molecule has 2 rings (SSSR count). The quantitative estimate of drug-likeness (QED) is 0.766. The van der Waals surface area contributed by atoms with Crippen LogP contribution < -0.4 is 10.6 Å². The molecule has 0 saturated heterocycles. The van der Waals surface area contributed by atoms with Gasteiger partial charge in [0.1, 0.15) is 0 Å². The second-order valence-corrected chi connectivity index (χ2v) is 6.29. The van der Waals surface area contributed by atoms with Gasteiger partial charge < -0.3 is 15.7 Å². The number of carbonyl (C=O) groups is 2. The number of thiophene rings is 1. The van der Waals surface area contributed by atoms with Gasteiger partial charge in [0.05, 0.1) is 12.1 Å². The molecule has 0 aliphatic heterocycles. The molecule has 21 heavy (non-hydrogen) atoms. The Morgan fingerprint density at radius 2 is 2.10 bits per heavy atom. The number of benzene rings is 1. The van der Waals surface area contributed by atoms with Gasteiger partial charge in [0.2, 0.25) is 0 Å². The van der Waals surface area contributed by atoms with Crippen LogP contribution in [0.3, 0.4) is 0 Å². The van der Waals surface area contributed by atoms with Gasteiger partial charge in [-0.05, 0) is 52.7 Å². The Kier molecular flexibility index (Phi) is 4.98. The number of nitrogens with one attached hydrogen (secondary N) is 2. The number of aromatic carboxylic acids is 1. The molecule has 1 heterocycles. The highest BCUT2D eigenvalue weighted by Crippen LogP contribution is 2.20. The van der Waals surface area contributed by atoms with E-state index in [1.165, 1.54) is 12.1 Å². The summed E-state index contributed by atoms with van der Waals surface area (Å²) in [6, 6.07) is 6.18. The van der Waals surface area contributed by atoms with E-state index in [9.17, 15) is 9.59 Å². The van der Waals surface area contributed by atoms with Crippen molar-refractivity contribution in [1.29, 1.82) is 0 Å². The summed E-state index contributed by atoms with van der Waals surface area (Å²) >= 11 is 4.91. The van der Waals surface area contributed by atoms with E-state index in [4.69, 9.17) is 5.11 Å². The molecule has 110 valence electrons. The van der Waals surface area contributed by atoms with Gasteiger partial charge in [-0.3, -0.25) is 0 Å². The van der Waals surface area contributed by atoms with Crippen molar-refractivity contribution >= 4 is 45.0 Å². The molecule has 0 fully saturated rings. The number of hydrogen-bond donors (Lipinski definition) is 3. The van der Waals surface area contributed by atoms with Gasteiger partial charge in [0.15, 0.2) is 0 Å². The third kappa shape index (κ3) is 4.30. The monoisotopic (exact) mass is 368 g/mol. The van der Waals surface area contributed by atoms with E-state index in [0.717, 1.165) is 9.35 Å². The number of anilines is 1. The summed E-state index contributed by atoms with van der Waals surface area (Å²) in [5.41, 5.74) is 1.48. The summed E-state index contributed by atoms with van der Waals surface area (Å²) in [6.45, 7) is 2.19. The fourth-order valence-electron chi connectivity index (χ4n) is 1.72. The van der Waals surface area contributed by atoms with Crippen LogP contribution in [0.25, 0.3) is 0 Å². The number of halogens is 1. The van der Waals surface area contributed by atoms with Gasteiger partial charge in [0, 0.05) is 20.4 Å². The Hall–Kier alpha value is -1.86. The molecule has 7 heteroatoms. The van der Waals surface area contributed by atoms with Gasteiger partial charge in [-0.1, -0.05) is 0 Å². The molecular formula is C14H13BrN2O3S. The lowest BCUT2D eigenvalue weighted by molar-refractivity contribution is 0.0697. The Balaban J connectivity index is 1.94. The van der Waals surface area contributed by atoms with Crippen LogP contribution in [0.2, 0.25) is 0 Å². The summed E-state index contributed by atoms with van der Waals surface area (Å²) in [7, 11) is 0. The highest BCUT2D eigenvalue weighted by Gasteiger charge is 2.08. The minimum Gasteiger partial charge on any atom is -0.478 e. The van der Waals surface area contributed by atoms with E-state index in [-0.39, 0.29) is 11.6 Å². The predicted molar refractivity (Wildman–Crippen MR) is 86.0 cm³/mol. The number of urea groups is 1. The van der Waals surface area contributed by atoms with Crippen molar-refractivity contribution in [3.8, 4) is 0 Å². The number of carboxylic acids is 1. The maximum Gasteiger partial charge on any atom is 0.335 e. The number of hydrogen-bond acceptors (Lipinski definition) is 3. The van der Waals surface area contributed by atoms with E-state index in [1.54, 1.807) is 24.3 Å². The zero-order chi connectivity index (χ0) is 15.4. The first kappa shape index (κ1) is 15.5. The minimum atomic E-state index is -0.989. The summed E-state index contributed by atoms with van der Waals surface area (Å²) in [5.74, 6) is -0.989. The highest BCUT2D eigenvalue weighted by atomic mass is 79.9. The van der Waals surface area contributed by atoms with Crippen LogP contribution in [0, 0.1) is 6.92 Å². The molecule has 0 unspecified atom stereocenters. The maximum absolute atomic E-state index is 11.8. The van der Waals surface area contributed by atoms with Crippen LogP contribution in [0.4, 0.5) is 10.5 Å². The number of amides is 2. The number of carboxylic acid groups (broad SMARTS) is 1. The minimum absolute atomic E-state index is 0.196. The molecule has 0 saturated carbocycles. The van der Waals surface area contributed by atoms with Crippen LogP contribution in [-0.2, 0) is 6.54 Å². The second-order valence-electron chi connectivity index (χ2n) is 4.37. The summed E-state index contributed by atoms with van der Waals surface area (Å²) in [4.78, 5) is 23.7. The van der Waals surface area contributed by atoms with E-state index >= 15 is 0 Å². The predicted octanol–water partition coefficient (Wildman–Crippen LogP) is 3.84. The van der Waals surface area contributed by atoms with Crippen molar-refractivity contribution in [3.05, 3.63) is 50.1 Å². The van der Waals surface area contributed by atoms with E-state index in [2.05, 4.69) is 26.6 Å². The zero-order valence-corrected chi connectivity index (χ0v) is 13.5. The molecule has 5 nitrogen and oxygen atoms in total. The fourth-order valence-corrected chi connectivity index (χ4v) is 3.11. The zero-order valence-electron chi connectivity index (χ0n) is 11.1. The number of carbonyl (C=O) groups excluding carboxylic acids is 1. The lowest BCUT2D eigenvalue weighted by Gasteiger charge is -2.10. The number of aryl methyl sites for hydroxylation is 1. The fraction of sp³-hybridized carbons (Fsp3) is 0.143. The van der Waals surface area contributed by atoms with Gasteiger partial charge in [-0.2, -0.15) is 0 Å². The van der Waals surface area contributed by atoms with Crippen molar-refractivity contribution in [2.24, 2.45) is 0 Å². The van der Waals surface area contributed by atoms with E-state index in [0.29, 0.717) is 17.8 Å². The molecule has 0 aliphatic carbocycles. The maximum atomic E-state index is 11.8. The van der Waals surface area contributed by atoms with Crippen molar-refractivity contribution in [2.75, 3.05) is 5.32 Å². The third-order valence-electron chi connectivity index (χ3n) is 2.77. The number of rotatable bonds is 4. The van der Waals surface area contributed by atoms with Gasteiger partial charge in [-0.25, -0.2) is 9.59 Å². The van der Waals surface area contributed by atoms with Crippen LogP contribution in [0.15, 0.2) is 34.1 Å². The Bertz CT molecular complexity index is 685. The SMILES string of the molecule is Cc1cc(C(=O)O)ccc1NC(=O)NCc1cc(Br)cs1. The molecule has 0 bridgehead atoms. The van der Waals surface area contributed by atoms with Gasteiger partial charge in [0.25, 0.3) is 0 Å². The van der Waals surface area contributed by atoms with E-state index < -0.39 is 5.97 Å². The van der Waals surface area contributed by atoms with Crippen molar-refractivity contribution in [3.63, 3.8) is 0 Å². The molecule has 0 radical (unpaired) electrons. The summed E-state index contributed by atoms with van der Waals surface area (Å²) in [5, 5.41) is 16.3. The van der Waals surface area contributed by atoms with Crippen LogP contribution in [0.5, 0.6) is 0 Å². The third-order valence-corrected chi connectivity index (χ3v) is 4.46. The molecule has 0 aliphatic rings. The molecule has 1 aromatic heterocycles. The standard InChI is InChI=1S/C14H13BrN2O3S/c1-8-4-9(13(18)19)2-3-12(8)17-14(20)16-6-11-5-10(15)7-21-11/h2-5,7H,6H2,1H3,(H,18,19)(H2,16,17,20). The summed E-state index contributed by atoms with van der Waals surface area (Å²) < 4.78 is 0.991. The Morgan fingerprint density at radius 1 is 1.33 bits per heavy atom. The Morgan fingerprint density at radius 3 is 2.67 bits per heavy atom. The molecule has 0 atom stereocenters. The molecule has 1 aromatic carbocycles. The summed E-state index contributed by atoms with van der Waals surface area (Å²) in [6.07, 6.45) is 0. The topological polar surface area (TPSA) is 78.4 Å². The largest absolute Gasteiger partial charge is 0.478 e. The van der Waals surface area contributed by atoms with Gasteiger partial charge in [-0.15, -0.1) is 11.3 Å². The van der Waals surface area contributed by atoms with Crippen molar-refractivity contribution < 1.29 is 14.7 Å². The van der Waals surface area contributed by atoms with Crippen LogP contribution >= 0.6 is 27.3 Å². The molecule has 0 spiro atoms. The van der Waals surface area contributed by atoms with Crippen molar-refractivity contribution in [1.82, 2.24) is 5.32 Å². The average molecular weight is 369 g/mol. The second kappa shape index (κ2) is 6.73. The lowest BCUT2D eigenvalue weighted by Crippen LogP contribution is -2.28. The first-order valence-corrected chi connectivity index (χ1v) is 7.74. The first-order valence-electron chi connectivity index (χ1n) is 6.07. The molecular weight excluding hydrogens is 356 g/mol. The molecule has 3 N–H and O–H groups in total. The lowest BCUT2D eigenvalue weighted by atomic mass is 10.1. The van der Waals surface area contributed by atoms with Crippen molar-refractivity contribution in [2.45, 2.75) is 13.5 Å². The first-order chi connectivity index (χ1) is 9.95. The van der Waals surface area contributed by atoms with Crippen LogP contribution in [0.1, 0.15) is 20.8 Å². The average Bonchev–Trinajstić information content (AvgIpc) is 2.84. The van der Waals surface area contributed by atoms with E-state index in [1.807, 2.05) is 11.4 Å².